The summed E-state index contributed by atoms with van der Waals surface area (Å²) in [5.74, 6) is -0.378. The van der Waals surface area contributed by atoms with Gasteiger partial charge in [0.25, 0.3) is 0 Å². The summed E-state index contributed by atoms with van der Waals surface area (Å²) in [5.41, 5.74) is 6.63. The fraction of sp³-hybridized carbons (Fsp3) is 0.417. The van der Waals surface area contributed by atoms with E-state index in [2.05, 4.69) is 0 Å². The molecule has 0 amide bonds. The Morgan fingerprint density at radius 2 is 1.94 bits per heavy atom. The molecule has 0 heterocycles. The second kappa shape index (κ2) is 6.85. The molecule has 1 aromatic carbocycles. The molecule has 0 aliphatic carbocycles. The third-order valence-corrected chi connectivity index (χ3v) is 2.21. The van der Waals surface area contributed by atoms with Crippen molar-refractivity contribution in [1.82, 2.24) is 0 Å². The van der Waals surface area contributed by atoms with Crippen LogP contribution in [0.1, 0.15) is 18.4 Å². The lowest BCUT2D eigenvalue weighted by atomic mass is 10.1. The van der Waals surface area contributed by atoms with E-state index >= 15 is 0 Å². The molecule has 0 aliphatic heterocycles. The molecule has 88 valence electrons. The average molecular weight is 223 g/mol. The lowest BCUT2D eigenvalue weighted by Gasteiger charge is -2.04. The standard InChI is InChI=1S/C12H17NO3/c13-8-2-1-3-10-4-6-11(7-5-10)16-9-12(14)15/h4-7H,1-3,8-9,13H2,(H,14,15). The first-order chi connectivity index (χ1) is 7.72. The van der Waals surface area contributed by atoms with Gasteiger partial charge >= 0.3 is 5.97 Å². The Morgan fingerprint density at radius 1 is 1.25 bits per heavy atom. The van der Waals surface area contributed by atoms with Crippen LogP contribution < -0.4 is 10.5 Å². The Kier molecular flexibility index (Phi) is 5.36. The van der Waals surface area contributed by atoms with E-state index in [4.69, 9.17) is 15.6 Å². The van der Waals surface area contributed by atoms with E-state index in [1.807, 2.05) is 12.1 Å². The van der Waals surface area contributed by atoms with Crippen LogP contribution in [-0.2, 0) is 11.2 Å². The lowest BCUT2D eigenvalue weighted by molar-refractivity contribution is -0.139. The van der Waals surface area contributed by atoms with Crippen molar-refractivity contribution >= 4 is 5.97 Å². The molecule has 3 N–H and O–H groups in total. The second-order valence-corrected chi connectivity index (χ2v) is 3.57. The summed E-state index contributed by atoms with van der Waals surface area (Å²) in [7, 11) is 0. The third kappa shape index (κ3) is 4.79. The molecule has 0 saturated carbocycles. The highest BCUT2D eigenvalue weighted by Crippen LogP contribution is 2.13. The average Bonchev–Trinajstić information content (AvgIpc) is 2.28. The molecular weight excluding hydrogens is 206 g/mol. The van der Waals surface area contributed by atoms with Crippen LogP contribution in [0.3, 0.4) is 0 Å². The Hall–Kier alpha value is -1.55. The monoisotopic (exact) mass is 223 g/mol. The molecule has 0 unspecified atom stereocenters. The maximum absolute atomic E-state index is 10.3. The minimum atomic E-state index is -0.966. The Balaban J connectivity index is 2.38. The van der Waals surface area contributed by atoms with Gasteiger partial charge in [-0.05, 0) is 43.5 Å². The first-order valence-corrected chi connectivity index (χ1v) is 5.36. The van der Waals surface area contributed by atoms with Crippen molar-refractivity contribution < 1.29 is 14.6 Å². The van der Waals surface area contributed by atoms with Gasteiger partial charge in [0.1, 0.15) is 5.75 Å². The zero-order valence-corrected chi connectivity index (χ0v) is 9.19. The lowest BCUT2D eigenvalue weighted by Crippen LogP contribution is -2.09. The molecule has 1 rings (SSSR count). The van der Waals surface area contributed by atoms with Gasteiger partial charge in [-0.15, -0.1) is 0 Å². The molecule has 0 atom stereocenters. The van der Waals surface area contributed by atoms with E-state index in [9.17, 15) is 4.79 Å². The molecule has 0 fully saturated rings. The highest BCUT2D eigenvalue weighted by atomic mass is 16.5. The number of hydrogen-bond acceptors (Lipinski definition) is 3. The number of benzene rings is 1. The number of carboxylic acids is 1. The van der Waals surface area contributed by atoms with Gasteiger partial charge < -0.3 is 15.6 Å². The van der Waals surface area contributed by atoms with Crippen molar-refractivity contribution in [3.8, 4) is 5.75 Å². The van der Waals surface area contributed by atoms with Crippen LogP contribution in [0.4, 0.5) is 0 Å². The number of nitrogens with two attached hydrogens (primary N) is 1. The zero-order valence-electron chi connectivity index (χ0n) is 9.19. The van der Waals surface area contributed by atoms with Crippen molar-refractivity contribution in [2.45, 2.75) is 19.3 Å². The van der Waals surface area contributed by atoms with Gasteiger partial charge in [0.2, 0.25) is 0 Å². The second-order valence-electron chi connectivity index (χ2n) is 3.57. The number of aryl methyl sites for hydroxylation is 1. The summed E-state index contributed by atoms with van der Waals surface area (Å²) in [5, 5.41) is 8.44. The maximum atomic E-state index is 10.3. The third-order valence-electron chi connectivity index (χ3n) is 2.21. The first-order valence-electron chi connectivity index (χ1n) is 5.36. The van der Waals surface area contributed by atoms with E-state index in [0.717, 1.165) is 25.8 Å². The summed E-state index contributed by atoms with van der Waals surface area (Å²) < 4.78 is 5.03. The van der Waals surface area contributed by atoms with Crippen LogP contribution in [-0.4, -0.2) is 24.2 Å². The zero-order chi connectivity index (χ0) is 11.8. The number of hydrogen-bond donors (Lipinski definition) is 2. The van der Waals surface area contributed by atoms with E-state index in [0.29, 0.717) is 5.75 Å². The number of carbonyl (C=O) groups is 1. The van der Waals surface area contributed by atoms with Gasteiger partial charge in [-0.1, -0.05) is 12.1 Å². The SMILES string of the molecule is NCCCCc1ccc(OCC(=O)O)cc1. The molecule has 0 saturated heterocycles. The van der Waals surface area contributed by atoms with Gasteiger partial charge in [0.15, 0.2) is 6.61 Å². The molecule has 0 aliphatic rings. The smallest absolute Gasteiger partial charge is 0.341 e. The molecule has 0 bridgehead atoms. The largest absolute Gasteiger partial charge is 0.482 e. The van der Waals surface area contributed by atoms with Crippen molar-refractivity contribution in [1.29, 1.82) is 0 Å². The molecular formula is C12H17NO3. The maximum Gasteiger partial charge on any atom is 0.341 e. The summed E-state index contributed by atoms with van der Waals surface area (Å²) in [4.78, 5) is 10.3. The number of ether oxygens (including phenoxy) is 1. The van der Waals surface area contributed by atoms with Gasteiger partial charge in [-0.25, -0.2) is 4.79 Å². The van der Waals surface area contributed by atoms with Crippen LogP contribution >= 0.6 is 0 Å². The molecule has 4 nitrogen and oxygen atoms in total. The highest BCUT2D eigenvalue weighted by molar-refractivity contribution is 5.68. The van der Waals surface area contributed by atoms with E-state index in [-0.39, 0.29) is 6.61 Å². The minimum Gasteiger partial charge on any atom is -0.482 e. The van der Waals surface area contributed by atoms with E-state index in [1.165, 1.54) is 5.56 Å². The van der Waals surface area contributed by atoms with Crippen LogP contribution in [0, 0.1) is 0 Å². The number of rotatable bonds is 7. The molecule has 0 radical (unpaired) electrons. The van der Waals surface area contributed by atoms with Gasteiger partial charge in [-0.2, -0.15) is 0 Å². The minimum absolute atomic E-state index is 0.299. The summed E-state index contributed by atoms with van der Waals surface area (Å²) >= 11 is 0. The van der Waals surface area contributed by atoms with Crippen molar-refractivity contribution in [2.75, 3.05) is 13.2 Å². The number of aliphatic carboxylic acids is 1. The molecule has 4 heteroatoms. The van der Waals surface area contributed by atoms with Crippen LogP contribution in [0.5, 0.6) is 5.75 Å². The fourth-order valence-electron chi connectivity index (χ4n) is 1.37. The van der Waals surface area contributed by atoms with Gasteiger partial charge in [-0.3, -0.25) is 0 Å². The molecule has 0 aromatic heterocycles. The molecule has 16 heavy (non-hydrogen) atoms. The summed E-state index contributed by atoms with van der Waals surface area (Å²) in [6, 6.07) is 7.49. The van der Waals surface area contributed by atoms with Crippen molar-refractivity contribution in [3.05, 3.63) is 29.8 Å². The first kappa shape index (κ1) is 12.5. The normalized spacial score (nSPS) is 10.1. The molecule has 1 aromatic rings. The predicted molar refractivity (Wildman–Crippen MR) is 61.6 cm³/mol. The van der Waals surface area contributed by atoms with Crippen LogP contribution in [0.25, 0.3) is 0 Å². The quantitative estimate of drug-likeness (QED) is 0.686. The molecule has 0 spiro atoms. The van der Waals surface area contributed by atoms with Crippen LogP contribution in [0.2, 0.25) is 0 Å². The highest BCUT2D eigenvalue weighted by Gasteiger charge is 1.99. The Morgan fingerprint density at radius 3 is 2.50 bits per heavy atom. The number of unbranched alkanes of at least 4 members (excludes halogenated alkanes) is 1. The summed E-state index contributed by atoms with van der Waals surface area (Å²) in [6.07, 6.45) is 3.10. The van der Waals surface area contributed by atoms with Gasteiger partial charge in [0.05, 0.1) is 0 Å². The Labute approximate surface area is 95.0 Å². The topological polar surface area (TPSA) is 72.5 Å². The van der Waals surface area contributed by atoms with Crippen LogP contribution in [0.15, 0.2) is 24.3 Å². The van der Waals surface area contributed by atoms with E-state index < -0.39 is 5.97 Å². The predicted octanol–water partition coefficient (Wildman–Crippen LogP) is 1.43. The number of carboxylic acid groups (broad SMARTS) is 1. The van der Waals surface area contributed by atoms with Crippen molar-refractivity contribution in [2.24, 2.45) is 5.73 Å². The van der Waals surface area contributed by atoms with E-state index in [1.54, 1.807) is 12.1 Å². The van der Waals surface area contributed by atoms with Crippen molar-refractivity contribution in [3.63, 3.8) is 0 Å². The fourth-order valence-corrected chi connectivity index (χ4v) is 1.37. The Bertz CT molecular complexity index is 322. The summed E-state index contributed by atoms with van der Waals surface area (Å²) in [6.45, 7) is 0.423. The van der Waals surface area contributed by atoms with Gasteiger partial charge in [0, 0.05) is 0 Å².